The van der Waals surface area contributed by atoms with Crippen LogP contribution in [0.1, 0.15) is 17.2 Å². The van der Waals surface area contributed by atoms with Crippen LogP contribution in [0.15, 0.2) is 53.3 Å². The van der Waals surface area contributed by atoms with Gasteiger partial charge in [-0.25, -0.2) is 9.48 Å². The first-order valence-corrected chi connectivity index (χ1v) is 11.2. The zero-order chi connectivity index (χ0) is 29.1. The molecule has 2 N–H and O–H groups in total. The number of aliphatic hydroxyl groups excluding tert-OH is 1. The Morgan fingerprint density at radius 1 is 1.13 bits per heavy atom. The molecule has 1 heterocycles. The minimum absolute atomic E-state index is 0.111. The molecule has 10 nitrogen and oxygen atoms in total. The highest BCUT2D eigenvalue weighted by Gasteiger charge is 2.39. The molecule has 0 saturated heterocycles. The van der Waals surface area contributed by atoms with Gasteiger partial charge in [-0.1, -0.05) is 23.7 Å². The van der Waals surface area contributed by atoms with E-state index in [1.165, 1.54) is 24.3 Å². The summed E-state index contributed by atoms with van der Waals surface area (Å²) in [7, 11) is 0. The third-order valence-corrected chi connectivity index (χ3v) is 5.59. The van der Waals surface area contributed by atoms with Crippen LogP contribution in [0.25, 0.3) is 11.4 Å². The Kier molecular flexibility index (Phi) is 8.70. The molecule has 3 aromatic rings. The number of hydrogen-bond acceptors (Lipinski definition) is 6. The van der Waals surface area contributed by atoms with Crippen LogP contribution in [-0.4, -0.2) is 49.1 Å². The molecule has 3 rings (SSSR count). The second-order valence-electron chi connectivity index (χ2n) is 8.20. The van der Waals surface area contributed by atoms with Gasteiger partial charge in [0.2, 0.25) is 12.5 Å². The zero-order valence-corrected chi connectivity index (χ0v) is 20.2. The number of amides is 1. The van der Waals surface area contributed by atoms with Gasteiger partial charge in [-0.15, -0.1) is 5.10 Å². The molecule has 0 saturated carbocycles. The topological polar surface area (TPSA) is 132 Å². The van der Waals surface area contributed by atoms with Gasteiger partial charge >= 0.3 is 18.0 Å². The van der Waals surface area contributed by atoms with Crippen molar-refractivity contribution in [1.82, 2.24) is 19.7 Å². The van der Waals surface area contributed by atoms with E-state index >= 15 is 0 Å². The number of carbonyl (C=O) groups excluding carboxylic acids is 1. The number of carbonyl (C=O) groups is 1. The quantitative estimate of drug-likeness (QED) is 0.226. The maximum Gasteiger partial charge on any atom is 0.416 e. The highest BCUT2D eigenvalue weighted by Crippen LogP contribution is 2.31. The third-order valence-electron chi connectivity index (χ3n) is 5.34. The summed E-state index contributed by atoms with van der Waals surface area (Å²) < 4.78 is 79.2. The minimum atomic E-state index is -5.09. The average Bonchev–Trinajstić information content (AvgIpc) is 3.12. The standard InChI is InChI=1S/C22H18ClF6N5O5/c23-15-6-4-12(5-7-15)19-31-33(20(37)32(19)10-17(35)22(27,28)29)11-18(36)30-16(9-34(38)39)13-2-1-3-14(8-13)21(24,25)26/h1-8,16-17,35H,9-11H2,(H,30,36). The summed E-state index contributed by atoms with van der Waals surface area (Å²) in [6.45, 7) is -3.23. The van der Waals surface area contributed by atoms with Crippen LogP contribution in [0, 0.1) is 10.1 Å². The second-order valence-corrected chi connectivity index (χ2v) is 8.63. The second kappa shape index (κ2) is 11.4. The Hall–Kier alpha value is -3.92. The lowest BCUT2D eigenvalue weighted by Gasteiger charge is -2.17. The summed E-state index contributed by atoms with van der Waals surface area (Å²) in [5, 5.41) is 26.9. The highest BCUT2D eigenvalue weighted by molar-refractivity contribution is 6.30. The lowest BCUT2D eigenvalue weighted by molar-refractivity contribution is -0.484. The van der Waals surface area contributed by atoms with Crippen LogP contribution in [0.5, 0.6) is 0 Å². The first-order chi connectivity index (χ1) is 18.1. The van der Waals surface area contributed by atoms with Crippen LogP contribution >= 0.6 is 11.6 Å². The van der Waals surface area contributed by atoms with E-state index in [-0.39, 0.29) is 22.0 Å². The molecule has 0 aliphatic heterocycles. The van der Waals surface area contributed by atoms with Crippen molar-refractivity contribution in [2.24, 2.45) is 0 Å². The number of rotatable bonds is 9. The smallest absolute Gasteiger partial charge is 0.382 e. The third kappa shape index (κ3) is 7.57. The molecule has 2 atom stereocenters. The summed E-state index contributed by atoms with van der Waals surface area (Å²) in [5.74, 6) is -1.46. The molecular formula is C22H18ClF6N5O5. The Morgan fingerprint density at radius 3 is 2.33 bits per heavy atom. The molecule has 2 unspecified atom stereocenters. The Balaban J connectivity index is 1.93. The first kappa shape index (κ1) is 29.6. The van der Waals surface area contributed by atoms with Gasteiger partial charge < -0.3 is 10.4 Å². The molecular weight excluding hydrogens is 564 g/mol. The number of nitro groups is 1. The van der Waals surface area contributed by atoms with Gasteiger partial charge in [-0.3, -0.25) is 19.5 Å². The number of alkyl halides is 6. The van der Waals surface area contributed by atoms with Crippen LogP contribution < -0.4 is 11.0 Å². The number of halogens is 7. The molecule has 210 valence electrons. The number of aromatic nitrogens is 3. The fourth-order valence-corrected chi connectivity index (χ4v) is 3.61. The molecule has 2 aromatic carbocycles. The monoisotopic (exact) mass is 581 g/mol. The van der Waals surface area contributed by atoms with Crippen molar-refractivity contribution in [3.63, 3.8) is 0 Å². The van der Waals surface area contributed by atoms with Crippen molar-refractivity contribution >= 4 is 17.5 Å². The van der Waals surface area contributed by atoms with E-state index in [9.17, 15) is 51.2 Å². The Morgan fingerprint density at radius 2 is 1.77 bits per heavy atom. The molecule has 1 amide bonds. The van der Waals surface area contributed by atoms with Crippen LogP contribution in [-0.2, 0) is 24.1 Å². The van der Waals surface area contributed by atoms with Crippen molar-refractivity contribution < 1.29 is 41.2 Å². The SMILES string of the molecule is O=C(Cn1nc(-c2ccc(Cl)cc2)n(CC(O)C(F)(F)F)c1=O)NC(C[N+](=O)[O-])c1cccc(C(F)(F)F)c1. The molecule has 0 fully saturated rings. The molecule has 0 aliphatic carbocycles. The van der Waals surface area contributed by atoms with E-state index in [0.717, 1.165) is 18.2 Å². The normalized spacial score (nSPS) is 13.6. The zero-order valence-electron chi connectivity index (χ0n) is 19.4. The highest BCUT2D eigenvalue weighted by atomic mass is 35.5. The Labute approximate surface area is 219 Å². The maximum atomic E-state index is 13.1. The fourth-order valence-electron chi connectivity index (χ4n) is 3.49. The number of benzene rings is 2. The average molecular weight is 582 g/mol. The predicted molar refractivity (Wildman–Crippen MR) is 123 cm³/mol. The Bertz CT molecular complexity index is 1400. The fraction of sp³-hybridized carbons (Fsp3) is 0.318. The number of hydrogen-bond donors (Lipinski definition) is 2. The molecule has 0 aliphatic rings. The van der Waals surface area contributed by atoms with Gasteiger partial charge in [0.05, 0.1) is 12.1 Å². The lowest BCUT2D eigenvalue weighted by atomic mass is 10.0. The minimum Gasteiger partial charge on any atom is -0.382 e. The number of nitrogens with one attached hydrogen (secondary N) is 1. The van der Waals surface area contributed by atoms with E-state index in [1.54, 1.807) is 0 Å². The van der Waals surface area contributed by atoms with Gasteiger partial charge in [-0.2, -0.15) is 26.3 Å². The maximum absolute atomic E-state index is 13.1. The van der Waals surface area contributed by atoms with Crippen LogP contribution in [0.2, 0.25) is 5.02 Å². The van der Waals surface area contributed by atoms with Gasteiger partial charge in [0.1, 0.15) is 12.6 Å². The molecule has 0 radical (unpaired) electrons. The van der Waals surface area contributed by atoms with Crippen molar-refractivity contribution in [2.75, 3.05) is 6.54 Å². The van der Waals surface area contributed by atoms with Crippen molar-refractivity contribution in [1.29, 1.82) is 0 Å². The van der Waals surface area contributed by atoms with Gasteiger partial charge in [0, 0.05) is 15.5 Å². The summed E-state index contributed by atoms with van der Waals surface area (Å²) in [5.41, 5.74) is -2.49. The molecule has 1 aromatic heterocycles. The van der Waals surface area contributed by atoms with E-state index < -0.39 is 66.2 Å². The number of aliphatic hydroxyl groups is 1. The number of nitrogens with zero attached hydrogens (tertiary/aromatic N) is 4. The lowest BCUT2D eigenvalue weighted by Crippen LogP contribution is -2.40. The predicted octanol–water partition coefficient (Wildman–Crippen LogP) is 3.44. The summed E-state index contributed by atoms with van der Waals surface area (Å²) in [4.78, 5) is 35.8. The summed E-state index contributed by atoms with van der Waals surface area (Å²) in [6.07, 6.45) is -12.8. The molecule has 0 bridgehead atoms. The first-order valence-electron chi connectivity index (χ1n) is 10.8. The summed E-state index contributed by atoms with van der Waals surface area (Å²) >= 11 is 5.81. The van der Waals surface area contributed by atoms with E-state index in [4.69, 9.17) is 11.6 Å². The van der Waals surface area contributed by atoms with Crippen molar-refractivity contribution in [3.05, 3.63) is 85.3 Å². The van der Waals surface area contributed by atoms with Gasteiger partial charge in [-0.05, 0) is 42.0 Å². The van der Waals surface area contributed by atoms with Crippen molar-refractivity contribution in [2.45, 2.75) is 37.6 Å². The largest absolute Gasteiger partial charge is 0.416 e. The molecule has 39 heavy (non-hydrogen) atoms. The van der Waals surface area contributed by atoms with E-state index in [1.807, 2.05) is 0 Å². The van der Waals surface area contributed by atoms with Gasteiger partial charge in [0.15, 0.2) is 11.9 Å². The van der Waals surface area contributed by atoms with Crippen LogP contribution in [0.4, 0.5) is 26.3 Å². The van der Waals surface area contributed by atoms with Crippen LogP contribution in [0.3, 0.4) is 0 Å². The van der Waals surface area contributed by atoms with Crippen molar-refractivity contribution in [3.8, 4) is 11.4 Å². The summed E-state index contributed by atoms with van der Waals surface area (Å²) in [6, 6.07) is 7.29. The molecule has 0 spiro atoms. The van der Waals surface area contributed by atoms with Gasteiger partial charge in [0.25, 0.3) is 0 Å². The van der Waals surface area contributed by atoms with E-state index in [2.05, 4.69) is 10.4 Å². The van der Waals surface area contributed by atoms with E-state index in [0.29, 0.717) is 15.3 Å². The molecule has 17 heteroatoms.